The minimum atomic E-state index is -1.27. The summed E-state index contributed by atoms with van der Waals surface area (Å²) in [5, 5.41) is 24.1. The lowest BCUT2D eigenvalue weighted by Crippen LogP contribution is -2.49. The molecule has 0 spiro atoms. The van der Waals surface area contributed by atoms with Gasteiger partial charge in [-0.2, -0.15) is 0 Å². The van der Waals surface area contributed by atoms with Crippen LogP contribution in [0.3, 0.4) is 0 Å². The molecule has 0 radical (unpaired) electrons. The van der Waals surface area contributed by atoms with Crippen molar-refractivity contribution in [2.24, 2.45) is 0 Å². The molecule has 0 aromatic heterocycles. The van der Waals surface area contributed by atoms with Gasteiger partial charge in [0.25, 0.3) is 0 Å². The number of amides is 3. The van der Waals surface area contributed by atoms with E-state index in [0.717, 1.165) is 6.92 Å². The van der Waals surface area contributed by atoms with Crippen LogP contribution in [-0.2, 0) is 24.0 Å². The summed E-state index contributed by atoms with van der Waals surface area (Å²) in [6.45, 7) is 0.590. The molecule has 2 atom stereocenters. The maximum absolute atomic E-state index is 11.7. The van der Waals surface area contributed by atoms with Gasteiger partial charge in [-0.15, -0.1) is 0 Å². The summed E-state index contributed by atoms with van der Waals surface area (Å²) in [6.07, 6.45) is -0.355. The number of rotatable bonds is 10. The predicted molar refractivity (Wildman–Crippen MR) is 83.7 cm³/mol. The second-order valence-corrected chi connectivity index (χ2v) is 5.07. The Kier molecular flexibility index (Phi) is 9.39. The van der Waals surface area contributed by atoms with E-state index < -0.39 is 48.3 Å². The Morgan fingerprint density at radius 2 is 1.65 bits per heavy atom. The highest BCUT2D eigenvalue weighted by molar-refractivity contribution is 7.80. The summed E-state index contributed by atoms with van der Waals surface area (Å²) in [5.74, 6) is -4.10. The van der Waals surface area contributed by atoms with Crippen molar-refractivity contribution in [3.05, 3.63) is 0 Å². The molecule has 11 heteroatoms. The Bertz CT molecular complexity index is 483. The largest absolute Gasteiger partial charge is 0.480 e. The molecule has 0 rings (SSSR count). The first kappa shape index (κ1) is 20.7. The topological polar surface area (TPSA) is 162 Å². The number of carbonyl (C=O) groups is 5. The van der Waals surface area contributed by atoms with Crippen molar-refractivity contribution in [1.29, 1.82) is 0 Å². The lowest BCUT2D eigenvalue weighted by Gasteiger charge is -2.17. The zero-order valence-corrected chi connectivity index (χ0v) is 13.7. The molecule has 5 N–H and O–H groups in total. The monoisotopic (exact) mass is 351 g/mol. The van der Waals surface area contributed by atoms with Crippen molar-refractivity contribution in [2.75, 3.05) is 12.3 Å². The van der Waals surface area contributed by atoms with Crippen LogP contribution in [0.4, 0.5) is 0 Å². The van der Waals surface area contributed by atoms with Gasteiger partial charge in [-0.1, -0.05) is 0 Å². The van der Waals surface area contributed by atoms with E-state index in [-0.39, 0.29) is 18.6 Å². The van der Waals surface area contributed by atoms with E-state index in [4.69, 9.17) is 10.2 Å². The fourth-order valence-corrected chi connectivity index (χ4v) is 1.89. The van der Waals surface area contributed by atoms with Gasteiger partial charge in [0.15, 0.2) is 0 Å². The van der Waals surface area contributed by atoms with E-state index in [1.165, 1.54) is 0 Å². The van der Waals surface area contributed by atoms with E-state index in [1.807, 2.05) is 0 Å². The average Bonchev–Trinajstić information content (AvgIpc) is 2.45. The average molecular weight is 351 g/mol. The Balaban J connectivity index is 4.43. The number of carboxylic acids is 2. The van der Waals surface area contributed by atoms with Gasteiger partial charge in [-0.3, -0.25) is 31.8 Å². The molecule has 0 aromatic carbocycles. The first-order valence-corrected chi connectivity index (χ1v) is 7.47. The molecule has 132 valence electrons. The Morgan fingerprint density at radius 3 is 2.09 bits per heavy atom. The first-order valence-electron chi connectivity index (χ1n) is 6.66. The minimum Gasteiger partial charge on any atom is -0.480 e. The summed E-state index contributed by atoms with van der Waals surface area (Å²) in [4.78, 5) is 55.5. The molecule has 23 heavy (non-hydrogen) atoms. The van der Waals surface area contributed by atoms with Gasteiger partial charge in [-0.05, 0) is 12.2 Å². The van der Waals surface area contributed by atoms with Crippen LogP contribution < -0.4 is 16.0 Å². The minimum absolute atomic E-state index is 0.138. The molecule has 0 aliphatic carbocycles. The molecule has 0 bridgehead atoms. The lowest BCUT2D eigenvalue weighted by atomic mass is 10.1. The number of hydrogen-bond acceptors (Lipinski definition) is 5. The molecule has 0 saturated carbocycles. The van der Waals surface area contributed by atoms with Crippen LogP contribution >= 0.6 is 12.6 Å². The van der Waals surface area contributed by atoms with E-state index in [1.54, 1.807) is 0 Å². The molecule has 0 aliphatic rings. The fraction of sp³-hybridized carbons (Fsp3) is 0.583. The molecule has 0 unspecified atom stereocenters. The van der Waals surface area contributed by atoms with Crippen molar-refractivity contribution in [2.45, 2.75) is 31.8 Å². The van der Waals surface area contributed by atoms with Gasteiger partial charge in [0.1, 0.15) is 18.6 Å². The second kappa shape index (κ2) is 10.4. The van der Waals surface area contributed by atoms with Crippen LogP contribution in [0.1, 0.15) is 19.8 Å². The fourth-order valence-electron chi connectivity index (χ4n) is 1.56. The van der Waals surface area contributed by atoms with Crippen molar-refractivity contribution >= 4 is 42.3 Å². The van der Waals surface area contributed by atoms with Crippen molar-refractivity contribution in [1.82, 2.24) is 16.0 Å². The van der Waals surface area contributed by atoms with Crippen LogP contribution in [-0.4, -0.2) is 64.3 Å². The summed E-state index contributed by atoms with van der Waals surface area (Å²) in [6, 6.07) is -2.15. The highest BCUT2D eigenvalue weighted by atomic mass is 32.1. The lowest BCUT2D eigenvalue weighted by molar-refractivity contribution is -0.142. The molecule has 0 fully saturated rings. The van der Waals surface area contributed by atoms with Crippen molar-refractivity contribution in [3.63, 3.8) is 0 Å². The van der Waals surface area contributed by atoms with Crippen LogP contribution in [0.15, 0.2) is 0 Å². The third-order valence-electron chi connectivity index (χ3n) is 2.64. The zero-order chi connectivity index (χ0) is 18.0. The highest BCUT2D eigenvalue weighted by Gasteiger charge is 2.22. The highest BCUT2D eigenvalue weighted by Crippen LogP contribution is 2.00. The van der Waals surface area contributed by atoms with Gasteiger partial charge >= 0.3 is 11.9 Å². The number of carboxylic acid groups (broad SMARTS) is 2. The number of aliphatic carboxylic acids is 2. The normalized spacial score (nSPS) is 12.8. The molecule has 0 aliphatic heterocycles. The maximum atomic E-state index is 11.7. The third kappa shape index (κ3) is 9.34. The molecular formula is C12H21N3O7S. The molecule has 0 saturated heterocycles. The van der Waals surface area contributed by atoms with Gasteiger partial charge in [0, 0.05) is 13.3 Å². The number of carbonyl (C=O) groups excluding carboxylic acids is 3. The van der Waals surface area contributed by atoms with Gasteiger partial charge in [0.05, 0.1) is 0 Å². The third-order valence-corrected chi connectivity index (χ3v) is 3.11. The molecule has 10 nitrogen and oxygen atoms in total. The molecule has 0 aromatic rings. The zero-order valence-electron chi connectivity index (χ0n) is 12.5. The number of hydrogen-bond donors (Lipinski definition) is 5. The Labute approximate surface area is 137 Å². The van der Waals surface area contributed by atoms with Crippen molar-refractivity contribution in [3.8, 4) is 0 Å². The van der Waals surface area contributed by atoms with Gasteiger partial charge in [-0.25, -0.2) is 4.79 Å². The Hall–Kier alpha value is -2.30. The summed E-state index contributed by atoms with van der Waals surface area (Å²) >= 11 is 2.24. The molecular weight excluding hydrogens is 330 g/mol. The van der Waals surface area contributed by atoms with Crippen LogP contribution in [0.5, 0.6) is 0 Å². The second-order valence-electron chi connectivity index (χ2n) is 4.60. The van der Waals surface area contributed by atoms with Crippen LogP contribution in [0, 0.1) is 0 Å². The maximum Gasteiger partial charge on any atom is 0.326 e. The molecule has 0 heterocycles. The first-order chi connectivity index (χ1) is 10.7. The smallest absolute Gasteiger partial charge is 0.326 e. The predicted octanol–water partition coefficient (Wildman–Crippen LogP) is -2.56. The van der Waals surface area contributed by atoms with E-state index in [2.05, 4.69) is 28.6 Å². The van der Waals surface area contributed by atoms with E-state index in [9.17, 15) is 24.0 Å². The summed E-state index contributed by atoms with van der Waals surface area (Å²) in [5.41, 5.74) is 0. The van der Waals surface area contributed by atoms with Crippen LogP contribution in [0.25, 0.3) is 0 Å². The SMILES string of the molecule is CC(=O)N[C@@H](CCC(=O)N[C@@H](C[SH3])C(=O)NCC(=O)O)C(=O)O. The van der Waals surface area contributed by atoms with E-state index in [0.29, 0.717) is 0 Å². The van der Waals surface area contributed by atoms with Crippen LogP contribution in [0.2, 0.25) is 0 Å². The summed E-state index contributed by atoms with van der Waals surface area (Å²) in [7, 11) is 0. The number of nitrogens with one attached hydrogen (secondary N) is 3. The van der Waals surface area contributed by atoms with E-state index >= 15 is 0 Å². The standard InChI is InChI=1S/C12H21N3O7S/c1-6(16)14-7(12(21)22)2-3-9(17)15-8(5-23)11(20)13-4-10(18)19/h7-8H,2-5H2,1,23H3,(H,13,20)(H,14,16)(H,15,17)(H,18,19)(H,21,22)/t7-,8-/m0/s1. The quantitative estimate of drug-likeness (QED) is 0.289. The Morgan fingerprint density at radius 1 is 1.04 bits per heavy atom. The van der Waals surface area contributed by atoms with Gasteiger partial charge < -0.3 is 26.2 Å². The van der Waals surface area contributed by atoms with Gasteiger partial charge in [0.2, 0.25) is 17.7 Å². The summed E-state index contributed by atoms with van der Waals surface area (Å²) < 4.78 is 0. The molecule has 3 amide bonds. The van der Waals surface area contributed by atoms with Crippen molar-refractivity contribution < 1.29 is 34.2 Å².